The molecular weight excluding hydrogens is 368 g/mol. The Balaban J connectivity index is 1.98. The fraction of sp³-hybridized carbons (Fsp3) is 0.111. The van der Waals surface area contributed by atoms with E-state index < -0.39 is 15.8 Å². The van der Waals surface area contributed by atoms with Crippen molar-refractivity contribution in [3.8, 4) is 0 Å². The number of benzene rings is 2. The van der Waals surface area contributed by atoms with E-state index in [0.717, 1.165) is 0 Å². The second-order valence-electron chi connectivity index (χ2n) is 6.04. The zero-order valence-corrected chi connectivity index (χ0v) is 14.9. The summed E-state index contributed by atoms with van der Waals surface area (Å²) in [5.41, 5.74) is 0.751. The molecule has 2 aromatic rings. The van der Waals surface area contributed by atoms with Crippen LogP contribution in [0.1, 0.15) is 11.1 Å². The maximum absolute atomic E-state index is 12.1. The summed E-state index contributed by atoms with van der Waals surface area (Å²) in [6.07, 6.45) is 1.36. The third-order valence-corrected chi connectivity index (χ3v) is 3.91. The number of non-ortho nitro benzene ring substituents is 1. The SMILES string of the molecule is CN(C)c1ccc(/C=C2\N=C(c3cccc([N+](=O)[O-])c3)OC2=O)cc1[N+](=O)[O-]. The molecular formula is C18H14N4O6. The number of hydrogen-bond donors (Lipinski definition) is 0. The average molecular weight is 382 g/mol. The quantitative estimate of drug-likeness (QED) is 0.336. The Hall–Kier alpha value is -4.08. The van der Waals surface area contributed by atoms with Gasteiger partial charge in [0.25, 0.3) is 11.4 Å². The molecule has 0 spiro atoms. The molecule has 3 rings (SSSR count). The molecule has 10 heteroatoms. The summed E-state index contributed by atoms with van der Waals surface area (Å²) in [5.74, 6) is -0.819. The molecule has 0 N–H and O–H groups in total. The molecule has 142 valence electrons. The first kappa shape index (κ1) is 18.7. The Labute approximate surface area is 158 Å². The molecule has 1 heterocycles. The average Bonchev–Trinajstić information content (AvgIpc) is 3.02. The van der Waals surface area contributed by atoms with Gasteiger partial charge in [-0.2, -0.15) is 0 Å². The molecule has 1 aliphatic heterocycles. The van der Waals surface area contributed by atoms with Gasteiger partial charge < -0.3 is 9.64 Å². The maximum atomic E-state index is 12.1. The molecule has 0 aromatic heterocycles. The molecule has 0 atom stereocenters. The zero-order valence-electron chi connectivity index (χ0n) is 14.9. The van der Waals surface area contributed by atoms with Gasteiger partial charge in [0.05, 0.1) is 9.85 Å². The van der Waals surface area contributed by atoms with Gasteiger partial charge in [-0.1, -0.05) is 12.1 Å². The van der Waals surface area contributed by atoms with E-state index >= 15 is 0 Å². The van der Waals surface area contributed by atoms with Crippen LogP contribution in [0.3, 0.4) is 0 Å². The summed E-state index contributed by atoms with van der Waals surface area (Å²) in [6, 6.07) is 10.0. The van der Waals surface area contributed by atoms with Crippen LogP contribution < -0.4 is 4.90 Å². The summed E-state index contributed by atoms with van der Waals surface area (Å²) in [4.78, 5) is 38.9. The number of carbonyl (C=O) groups excluding carboxylic acids is 1. The van der Waals surface area contributed by atoms with E-state index in [1.54, 1.807) is 31.1 Å². The first-order valence-corrected chi connectivity index (χ1v) is 7.99. The van der Waals surface area contributed by atoms with Gasteiger partial charge in [0.1, 0.15) is 5.69 Å². The molecule has 0 amide bonds. The van der Waals surface area contributed by atoms with Crippen molar-refractivity contribution in [3.63, 3.8) is 0 Å². The Morgan fingerprint density at radius 1 is 1.07 bits per heavy atom. The summed E-state index contributed by atoms with van der Waals surface area (Å²) < 4.78 is 5.08. The van der Waals surface area contributed by atoms with Crippen LogP contribution in [0.4, 0.5) is 17.1 Å². The van der Waals surface area contributed by atoms with Gasteiger partial charge in [-0.25, -0.2) is 9.79 Å². The summed E-state index contributed by atoms with van der Waals surface area (Å²) >= 11 is 0. The van der Waals surface area contributed by atoms with E-state index in [-0.39, 0.29) is 28.5 Å². The van der Waals surface area contributed by atoms with Crippen molar-refractivity contribution < 1.29 is 19.4 Å². The predicted molar refractivity (Wildman–Crippen MR) is 101 cm³/mol. The number of anilines is 1. The minimum Gasteiger partial charge on any atom is -0.402 e. The van der Waals surface area contributed by atoms with Gasteiger partial charge in [-0.3, -0.25) is 20.2 Å². The fourth-order valence-corrected chi connectivity index (χ4v) is 2.60. The van der Waals surface area contributed by atoms with Crippen molar-refractivity contribution in [2.75, 3.05) is 19.0 Å². The number of esters is 1. The molecule has 0 saturated carbocycles. The summed E-state index contributed by atoms with van der Waals surface area (Å²) in [7, 11) is 3.37. The van der Waals surface area contributed by atoms with Crippen LogP contribution in [0.2, 0.25) is 0 Å². The van der Waals surface area contributed by atoms with Gasteiger partial charge in [-0.15, -0.1) is 0 Å². The first-order chi connectivity index (χ1) is 13.3. The largest absolute Gasteiger partial charge is 0.402 e. The van der Waals surface area contributed by atoms with Gasteiger partial charge >= 0.3 is 5.97 Å². The molecule has 0 radical (unpaired) electrons. The van der Waals surface area contributed by atoms with Crippen molar-refractivity contribution in [1.29, 1.82) is 0 Å². The van der Waals surface area contributed by atoms with E-state index in [1.165, 1.54) is 36.4 Å². The smallest absolute Gasteiger partial charge is 0.363 e. The third-order valence-electron chi connectivity index (χ3n) is 3.91. The minimum absolute atomic E-state index is 0.0617. The van der Waals surface area contributed by atoms with Crippen LogP contribution in [0.5, 0.6) is 0 Å². The minimum atomic E-state index is -0.749. The van der Waals surface area contributed by atoms with Crippen LogP contribution in [-0.4, -0.2) is 35.8 Å². The molecule has 0 saturated heterocycles. The number of carbonyl (C=O) groups is 1. The third kappa shape index (κ3) is 3.70. The van der Waals surface area contributed by atoms with Crippen LogP contribution in [-0.2, 0) is 9.53 Å². The molecule has 0 aliphatic carbocycles. The van der Waals surface area contributed by atoms with Crippen LogP contribution in [0.25, 0.3) is 6.08 Å². The van der Waals surface area contributed by atoms with Crippen molar-refractivity contribution in [2.24, 2.45) is 4.99 Å². The van der Waals surface area contributed by atoms with Crippen LogP contribution >= 0.6 is 0 Å². The van der Waals surface area contributed by atoms with Gasteiger partial charge in [-0.05, 0) is 23.8 Å². The van der Waals surface area contributed by atoms with Gasteiger partial charge in [0.2, 0.25) is 5.90 Å². The first-order valence-electron chi connectivity index (χ1n) is 7.99. The zero-order chi connectivity index (χ0) is 20.4. The predicted octanol–water partition coefficient (Wildman–Crippen LogP) is 2.91. The van der Waals surface area contributed by atoms with E-state index in [9.17, 15) is 25.0 Å². The molecule has 2 aromatic carbocycles. The normalized spacial score (nSPS) is 14.6. The summed E-state index contributed by atoms with van der Waals surface area (Å²) in [6.45, 7) is 0. The Morgan fingerprint density at radius 2 is 1.82 bits per heavy atom. The highest BCUT2D eigenvalue weighted by molar-refractivity contribution is 6.13. The van der Waals surface area contributed by atoms with Crippen molar-refractivity contribution in [2.45, 2.75) is 0 Å². The highest BCUT2D eigenvalue weighted by atomic mass is 16.6. The molecule has 28 heavy (non-hydrogen) atoms. The van der Waals surface area contributed by atoms with E-state index in [1.807, 2.05) is 0 Å². The van der Waals surface area contributed by atoms with E-state index in [0.29, 0.717) is 11.3 Å². The second kappa shape index (κ2) is 7.27. The Kier molecular flexibility index (Phi) is 4.86. The standard InChI is InChI=1S/C18H14N4O6/c1-20(2)15-7-6-11(9-16(15)22(26)27)8-14-18(23)28-17(19-14)12-4-3-5-13(10-12)21(24)25/h3-10H,1-2H3/b14-8-. The van der Waals surface area contributed by atoms with Crippen LogP contribution in [0.15, 0.2) is 53.2 Å². The highest BCUT2D eigenvalue weighted by Crippen LogP contribution is 2.29. The van der Waals surface area contributed by atoms with Crippen molar-refractivity contribution in [1.82, 2.24) is 0 Å². The van der Waals surface area contributed by atoms with Crippen molar-refractivity contribution in [3.05, 3.63) is 79.5 Å². The number of aliphatic imine (C=N–C) groups is 1. The summed E-state index contributed by atoms with van der Waals surface area (Å²) in [5, 5.41) is 22.2. The van der Waals surface area contributed by atoms with Gasteiger partial charge in [0.15, 0.2) is 5.70 Å². The monoisotopic (exact) mass is 382 g/mol. The number of nitro benzene ring substituents is 2. The number of cyclic esters (lactones) is 1. The van der Waals surface area contributed by atoms with Crippen molar-refractivity contribution >= 4 is 35.0 Å². The molecule has 0 fully saturated rings. The lowest BCUT2D eigenvalue weighted by atomic mass is 10.1. The topological polar surface area (TPSA) is 128 Å². The lowest BCUT2D eigenvalue weighted by Gasteiger charge is -2.12. The number of rotatable bonds is 5. The second-order valence-corrected chi connectivity index (χ2v) is 6.04. The fourth-order valence-electron chi connectivity index (χ4n) is 2.60. The van der Waals surface area contributed by atoms with E-state index in [2.05, 4.69) is 4.99 Å². The Bertz CT molecular complexity index is 1060. The number of nitrogens with zero attached hydrogens (tertiary/aromatic N) is 4. The lowest BCUT2D eigenvalue weighted by molar-refractivity contribution is -0.384. The van der Waals surface area contributed by atoms with Gasteiger partial charge in [0, 0.05) is 37.9 Å². The lowest BCUT2D eigenvalue weighted by Crippen LogP contribution is -2.11. The molecule has 0 bridgehead atoms. The number of nitro groups is 2. The molecule has 1 aliphatic rings. The van der Waals surface area contributed by atoms with Crippen LogP contribution in [0, 0.1) is 20.2 Å². The number of hydrogen-bond acceptors (Lipinski definition) is 8. The number of ether oxygens (including phenoxy) is 1. The Morgan fingerprint density at radius 3 is 2.46 bits per heavy atom. The maximum Gasteiger partial charge on any atom is 0.363 e. The van der Waals surface area contributed by atoms with E-state index in [4.69, 9.17) is 4.74 Å². The highest BCUT2D eigenvalue weighted by Gasteiger charge is 2.25. The molecule has 10 nitrogen and oxygen atoms in total. The molecule has 0 unspecified atom stereocenters.